The largest absolute Gasteiger partial charge is 0.387 e. The SMILES string of the molecule is Cn1c(=O)[nH]c(=O)c2c1nc(N1CCCCC1)n2C[C@@H](O)c1ccccc1. The first-order valence-electron chi connectivity index (χ1n) is 9.24. The Morgan fingerprint density at radius 3 is 2.56 bits per heavy atom. The fourth-order valence-corrected chi connectivity index (χ4v) is 3.68. The Kier molecular flexibility index (Phi) is 4.57. The summed E-state index contributed by atoms with van der Waals surface area (Å²) in [6.07, 6.45) is 2.49. The van der Waals surface area contributed by atoms with Gasteiger partial charge < -0.3 is 14.6 Å². The topological polar surface area (TPSA) is 96.1 Å². The Morgan fingerprint density at radius 2 is 1.85 bits per heavy atom. The molecule has 142 valence electrons. The molecule has 1 aliphatic rings. The number of aromatic amines is 1. The molecule has 1 atom stereocenters. The normalized spacial score (nSPS) is 16.0. The summed E-state index contributed by atoms with van der Waals surface area (Å²) in [7, 11) is 1.59. The molecule has 0 spiro atoms. The van der Waals surface area contributed by atoms with Gasteiger partial charge in [0.1, 0.15) is 0 Å². The maximum absolute atomic E-state index is 12.6. The van der Waals surface area contributed by atoms with Crippen LogP contribution in [-0.2, 0) is 13.6 Å². The van der Waals surface area contributed by atoms with Crippen LogP contribution in [0.2, 0.25) is 0 Å². The zero-order valence-corrected chi connectivity index (χ0v) is 15.3. The highest BCUT2D eigenvalue weighted by molar-refractivity contribution is 5.74. The van der Waals surface area contributed by atoms with Crippen molar-refractivity contribution in [2.75, 3.05) is 18.0 Å². The number of hydrogen-bond donors (Lipinski definition) is 2. The Hall–Kier alpha value is -2.87. The summed E-state index contributed by atoms with van der Waals surface area (Å²) < 4.78 is 3.09. The molecule has 0 saturated carbocycles. The summed E-state index contributed by atoms with van der Waals surface area (Å²) in [4.78, 5) is 33.6. The highest BCUT2D eigenvalue weighted by atomic mass is 16.3. The van der Waals surface area contributed by atoms with Gasteiger partial charge in [-0.3, -0.25) is 14.3 Å². The Balaban J connectivity index is 1.86. The first-order valence-corrected chi connectivity index (χ1v) is 9.24. The van der Waals surface area contributed by atoms with E-state index in [9.17, 15) is 14.7 Å². The molecule has 8 heteroatoms. The van der Waals surface area contributed by atoms with Gasteiger partial charge in [-0.05, 0) is 24.8 Å². The van der Waals surface area contributed by atoms with E-state index in [4.69, 9.17) is 0 Å². The standard InChI is InChI=1S/C19H23N5O3/c1-22-16-15(17(26)21-19(22)27)24(12-14(25)13-8-4-2-5-9-13)18(20-16)23-10-6-3-7-11-23/h2,4-5,8-9,14,25H,3,6-7,10-12H2,1H3,(H,21,26,27)/t14-/m1/s1. The summed E-state index contributed by atoms with van der Waals surface area (Å²) >= 11 is 0. The lowest BCUT2D eigenvalue weighted by molar-refractivity contribution is 0.158. The van der Waals surface area contributed by atoms with Crippen LogP contribution in [0, 0.1) is 0 Å². The summed E-state index contributed by atoms with van der Waals surface area (Å²) in [5, 5.41) is 10.7. The van der Waals surface area contributed by atoms with Crippen LogP contribution >= 0.6 is 0 Å². The van der Waals surface area contributed by atoms with E-state index < -0.39 is 17.4 Å². The lowest BCUT2D eigenvalue weighted by Gasteiger charge is -2.28. The van der Waals surface area contributed by atoms with Gasteiger partial charge in [0.15, 0.2) is 11.2 Å². The van der Waals surface area contributed by atoms with Crippen LogP contribution in [0.3, 0.4) is 0 Å². The molecule has 3 heterocycles. The Bertz CT molecular complexity index is 1060. The first kappa shape index (κ1) is 17.5. The second-order valence-corrected chi connectivity index (χ2v) is 6.99. The van der Waals surface area contributed by atoms with E-state index >= 15 is 0 Å². The van der Waals surface area contributed by atoms with Crippen LogP contribution in [0.4, 0.5) is 5.95 Å². The molecule has 1 aromatic carbocycles. The predicted octanol–water partition coefficient (Wildman–Crippen LogP) is 1.15. The van der Waals surface area contributed by atoms with Crippen molar-refractivity contribution in [3.05, 3.63) is 56.7 Å². The summed E-state index contributed by atoms with van der Waals surface area (Å²) in [6, 6.07) is 9.33. The zero-order valence-electron chi connectivity index (χ0n) is 15.3. The van der Waals surface area contributed by atoms with Crippen LogP contribution in [0.1, 0.15) is 30.9 Å². The monoisotopic (exact) mass is 369 g/mol. The van der Waals surface area contributed by atoms with E-state index in [-0.39, 0.29) is 6.54 Å². The molecule has 2 aromatic heterocycles. The van der Waals surface area contributed by atoms with Crippen molar-refractivity contribution >= 4 is 17.1 Å². The minimum absolute atomic E-state index is 0.188. The van der Waals surface area contributed by atoms with Gasteiger partial charge >= 0.3 is 5.69 Å². The van der Waals surface area contributed by atoms with Crippen molar-refractivity contribution in [2.45, 2.75) is 31.9 Å². The highest BCUT2D eigenvalue weighted by Crippen LogP contribution is 2.26. The predicted molar refractivity (Wildman–Crippen MR) is 103 cm³/mol. The van der Waals surface area contributed by atoms with Gasteiger partial charge in [-0.1, -0.05) is 30.3 Å². The highest BCUT2D eigenvalue weighted by Gasteiger charge is 2.24. The molecular weight excluding hydrogens is 346 g/mol. The third kappa shape index (κ3) is 3.16. The summed E-state index contributed by atoms with van der Waals surface area (Å²) in [5.41, 5.74) is 0.442. The van der Waals surface area contributed by atoms with E-state index in [1.54, 1.807) is 11.6 Å². The molecule has 4 rings (SSSR count). The molecule has 0 amide bonds. The maximum atomic E-state index is 12.6. The van der Waals surface area contributed by atoms with Gasteiger partial charge in [-0.2, -0.15) is 4.98 Å². The Labute approximate surface area is 155 Å². The number of imidazole rings is 1. The molecule has 0 radical (unpaired) electrons. The molecule has 27 heavy (non-hydrogen) atoms. The number of piperidine rings is 1. The van der Waals surface area contributed by atoms with Crippen LogP contribution in [-0.4, -0.2) is 37.3 Å². The quantitative estimate of drug-likeness (QED) is 0.719. The van der Waals surface area contributed by atoms with E-state index in [1.165, 1.54) is 11.0 Å². The average molecular weight is 369 g/mol. The number of rotatable bonds is 4. The molecule has 0 bridgehead atoms. The van der Waals surface area contributed by atoms with Crippen molar-refractivity contribution in [1.82, 2.24) is 19.1 Å². The number of aliphatic hydroxyl groups excluding tert-OH is 1. The van der Waals surface area contributed by atoms with Crippen LogP contribution in [0.15, 0.2) is 39.9 Å². The number of fused-ring (bicyclic) bond motifs is 1. The lowest BCUT2D eigenvalue weighted by Crippen LogP contribution is -2.33. The van der Waals surface area contributed by atoms with Gasteiger partial charge in [0.25, 0.3) is 5.56 Å². The van der Waals surface area contributed by atoms with Crippen LogP contribution in [0.25, 0.3) is 11.2 Å². The second kappa shape index (κ2) is 7.03. The summed E-state index contributed by atoms with van der Waals surface area (Å²) in [5.74, 6) is 0.631. The van der Waals surface area contributed by atoms with Gasteiger partial charge in [0.2, 0.25) is 5.95 Å². The second-order valence-electron chi connectivity index (χ2n) is 6.99. The third-order valence-corrected chi connectivity index (χ3v) is 5.17. The van der Waals surface area contributed by atoms with Crippen LogP contribution in [0.5, 0.6) is 0 Å². The molecule has 1 saturated heterocycles. The number of hydrogen-bond acceptors (Lipinski definition) is 5. The molecule has 0 aliphatic carbocycles. The fourth-order valence-electron chi connectivity index (χ4n) is 3.68. The van der Waals surface area contributed by atoms with Crippen molar-refractivity contribution < 1.29 is 5.11 Å². The molecule has 1 fully saturated rings. The van der Waals surface area contributed by atoms with Crippen molar-refractivity contribution in [3.63, 3.8) is 0 Å². The number of benzene rings is 1. The van der Waals surface area contributed by atoms with Crippen molar-refractivity contribution in [1.29, 1.82) is 0 Å². The molecule has 3 aromatic rings. The maximum Gasteiger partial charge on any atom is 0.329 e. The zero-order chi connectivity index (χ0) is 19.0. The summed E-state index contributed by atoms with van der Waals surface area (Å²) in [6.45, 7) is 1.88. The molecule has 0 unspecified atom stereocenters. The van der Waals surface area contributed by atoms with Crippen LogP contribution < -0.4 is 16.1 Å². The fraction of sp³-hybridized carbons (Fsp3) is 0.421. The van der Waals surface area contributed by atoms with E-state index in [0.29, 0.717) is 17.1 Å². The molecular formula is C19H23N5O3. The number of aryl methyl sites for hydroxylation is 1. The van der Waals surface area contributed by atoms with E-state index in [2.05, 4.69) is 14.9 Å². The van der Waals surface area contributed by atoms with Crippen molar-refractivity contribution in [2.24, 2.45) is 7.05 Å². The number of aliphatic hydroxyl groups is 1. The number of nitrogens with one attached hydrogen (secondary N) is 1. The van der Waals surface area contributed by atoms with Gasteiger partial charge in [0.05, 0.1) is 12.6 Å². The number of aromatic nitrogens is 4. The van der Waals surface area contributed by atoms with Gasteiger partial charge in [-0.25, -0.2) is 4.79 Å². The van der Waals surface area contributed by atoms with Crippen molar-refractivity contribution in [3.8, 4) is 0 Å². The van der Waals surface area contributed by atoms with E-state index in [1.807, 2.05) is 30.3 Å². The average Bonchev–Trinajstić information content (AvgIpc) is 3.07. The van der Waals surface area contributed by atoms with Gasteiger partial charge in [0, 0.05) is 20.1 Å². The first-order chi connectivity index (χ1) is 13.1. The Morgan fingerprint density at radius 1 is 1.15 bits per heavy atom. The third-order valence-electron chi connectivity index (χ3n) is 5.17. The van der Waals surface area contributed by atoms with E-state index in [0.717, 1.165) is 31.5 Å². The lowest BCUT2D eigenvalue weighted by atomic mass is 10.1. The molecule has 8 nitrogen and oxygen atoms in total. The minimum Gasteiger partial charge on any atom is -0.387 e. The van der Waals surface area contributed by atoms with Gasteiger partial charge in [-0.15, -0.1) is 0 Å². The molecule has 2 N–H and O–H groups in total. The molecule has 1 aliphatic heterocycles. The number of nitrogens with zero attached hydrogens (tertiary/aromatic N) is 4. The minimum atomic E-state index is -0.788. The smallest absolute Gasteiger partial charge is 0.329 e. The number of H-pyrrole nitrogens is 1. The number of anilines is 1.